The number of amides is 1. The standard InChI is InChI=1S/C11H18ClN5O/c1-4-13-11-15-7-8(12)10(16-11)14-6-5-9(18)17(2)3/h7H,4-6H2,1-3H3,(H2,13,14,15,16). The molecule has 0 unspecified atom stereocenters. The fraction of sp³-hybridized carbons (Fsp3) is 0.545. The van der Waals surface area contributed by atoms with Gasteiger partial charge in [-0.3, -0.25) is 4.79 Å². The molecule has 100 valence electrons. The van der Waals surface area contributed by atoms with E-state index >= 15 is 0 Å². The first-order valence-corrected chi connectivity index (χ1v) is 6.12. The number of carbonyl (C=O) groups is 1. The smallest absolute Gasteiger partial charge is 0.224 e. The molecule has 1 aromatic rings. The van der Waals surface area contributed by atoms with Crippen molar-refractivity contribution in [2.24, 2.45) is 0 Å². The summed E-state index contributed by atoms with van der Waals surface area (Å²) in [6, 6.07) is 0. The minimum absolute atomic E-state index is 0.0552. The molecule has 1 amide bonds. The monoisotopic (exact) mass is 271 g/mol. The van der Waals surface area contributed by atoms with Gasteiger partial charge in [0.15, 0.2) is 0 Å². The number of halogens is 1. The van der Waals surface area contributed by atoms with Crippen molar-refractivity contribution in [3.05, 3.63) is 11.2 Å². The van der Waals surface area contributed by atoms with Gasteiger partial charge in [0.1, 0.15) is 10.8 Å². The first kappa shape index (κ1) is 14.5. The minimum Gasteiger partial charge on any atom is -0.368 e. The number of hydrogen-bond donors (Lipinski definition) is 2. The Balaban J connectivity index is 2.55. The molecule has 1 rings (SSSR count). The van der Waals surface area contributed by atoms with Gasteiger partial charge in [0.2, 0.25) is 11.9 Å². The quantitative estimate of drug-likeness (QED) is 0.820. The van der Waals surface area contributed by atoms with Crippen LogP contribution in [0.2, 0.25) is 5.02 Å². The van der Waals surface area contributed by atoms with Crippen LogP contribution in [0.4, 0.5) is 11.8 Å². The molecule has 2 N–H and O–H groups in total. The molecular formula is C11H18ClN5O. The molecule has 0 saturated heterocycles. The summed E-state index contributed by atoms with van der Waals surface area (Å²) in [4.78, 5) is 21.2. The highest BCUT2D eigenvalue weighted by molar-refractivity contribution is 6.32. The fourth-order valence-corrected chi connectivity index (χ4v) is 1.40. The number of anilines is 2. The van der Waals surface area contributed by atoms with Crippen LogP contribution in [0.25, 0.3) is 0 Å². The highest BCUT2D eigenvalue weighted by atomic mass is 35.5. The van der Waals surface area contributed by atoms with Crippen LogP contribution in [0.1, 0.15) is 13.3 Å². The molecule has 1 aromatic heterocycles. The summed E-state index contributed by atoms with van der Waals surface area (Å²) in [5.74, 6) is 1.11. The van der Waals surface area contributed by atoms with Gasteiger partial charge in [-0.05, 0) is 6.92 Å². The molecule has 0 atom stereocenters. The minimum atomic E-state index is 0.0552. The molecule has 0 bridgehead atoms. The highest BCUT2D eigenvalue weighted by Gasteiger charge is 2.07. The lowest BCUT2D eigenvalue weighted by molar-refractivity contribution is -0.128. The van der Waals surface area contributed by atoms with Crippen molar-refractivity contribution in [3.63, 3.8) is 0 Å². The van der Waals surface area contributed by atoms with Crippen molar-refractivity contribution in [3.8, 4) is 0 Å². The van der Waals surface area contributed by atoms with E-state index in [-0.39, 0.29) is 5.91 Å². The maximum atomic E-state index is 11.4. The van der Waals surface area contributed by atoms with Crippen LogP contribution in [-0.4, -0.2) is 48.0 Å². The van der Waals surface area contributed by atoms with Gasteiger partial charge in [-0.1, -0.05) is 11.6 Å². The van der Waals surface area contributed by atoms with E-state index < -0.39 is 0 Å². The Labute approximate surface area is 112 Å². The van der Waals surface area contributed by atoms with Crippen molar-refractivity contribution in [2.45, 2.75) is 13.3 Å². The summed E-state index contributed by atoms with van der Waals surface area (Å²) in [5, 5.41) is 6.46. The predicted octanol–water partition coefficient (Wildman–Crippen LogP) is 1.45. The summed E-state index contributed by atoms with van der Waals surface area (Å²) in [6.45, 7) is 3.18. The Morgan fingerprint density at radius 3 is 2.78 bits per heavy atom. The van der Waals surface area contributed by atoms with E-state index in [4.69, 9.17) is 11.6 Å². The van der Waals surface area contributed by atoms with E-state index in [0.29, 0.717) is 29.8 Å². The summed E-state index contributed by atoms with van der Waals surface area (Å²) in [7, 11) is 3.45. The van der Waals surface area contributed by atoms with Crippen molar-refractivity contribution >= 4 is 29.3 Å². The van der Waals surface area contributed by atoms with Crippen molar-refractivity contribution in [1.29, 1.82) is 0 Å². The predicted molar refractivity (Wildman–Crippen MR) is 73.0 cm³/mol. The van der Waals surface area contributed by atoms with Crippen LogP contribution in [0.3, 0.4) is 0 Å². The van der Waals surface area contributed by atoms with Gasteiger partial charge < -0.3 is 15.5 Å². The zero-order chi connectivity index (χ0) is 13.5. The number of carbonyl (C=O) groups excluding carboxylic acids is 1. The summed E-state index contributed by atoms with van der Waals surface area (Å²) in [6.07, 6.45) is 1.92. The second-order valence-electron chi connectivity index (χ2n) is 3.89. The van der Waals surface area contributed by atoms with Gasteiger partial charge >= 0.3 is 0 Å². The van der Waals surface area contributed by atoms with Crippen molar-refractivity contribution < 1.29 is 4.79 Å². The molecule has 18 heavy (non-hydrogen) atoms. The first-order chi connectivity index (χ1) is 8.54. The van der Waals surface area contributed by atoms with E-state index in [9.17, 15) is 4.79 Å². The summed E-state index contributed by atoms with van der Waals surface area (Å²) >= 11 is 5.96. The third kappa shape index (κ3) is 4.37. The molecule has 0 fully saturated rings. The summed E-state index contributed by atoms with van der Waals surface area (Å²) in [5.41, 5.74) is 0. The Kier molecular flexibility index (Phi) is 5.64. The highest BCUT2D eigenvalue weighted by Crippen LogP contribution is 2.19. The number of nitrogens with one attached hydrogen (secondary N) is 2. The number of hydrogen-bond acceptors (Lipinski definition) is 5. The molecule has 0 aromatic carbocycles. The van der Waals surface area contributed by atoms with Crippen LogP contribution >= 0.6 is 11.6 Å². The number of aromatic nitrogens is 2. The molecule has 7 heteroatoms. The average Bonchev–Trinajstić information content (AvgIpc) is 2.33. The maximum Gasteiger partial charge on any atom is 0.224 e. The van der Waals surface area contributed by atoms with Crippen LogP contribution in [-0.2, 0) is 4.79 Å². The lowest BCUT2D eigenvalue weighted by Crippen LogP contribution is -2.24. The second-order valence-corrected chi connectivity index (χ2v) is 4.29. The SMILES string of the molecule is CCNc1ncc(Cl)c(NCCC(=O)N(C)C)n1. The van der Waals surface area contributed by atoms with Gasteiger partial charge in [0.05, 0.1) is 6.20 Å². The van der Waals surface area contributed by atoms with Gasteiger partial charge in [-0.2, -0.15) is 4.98 Å². The van der Waals surface area contributed by atoms with Crippen molar-refractivity contribution in [2.75, 3.05) is 37.8 Å². The van der Waals surface area contributed by atoms with Crippen LogP contribution < -0.4 is 10.6 Å². The van der Waals surface area contributed by atoms with Gasteiger partial charge in [0.25, 0.3) is 0 Å². The normalized spacial score (nSPS) is 10.0. The van der Waals surface area contributed by atoms with Gasteiger partial charge in [0, 0.05) is 33.6 Å². The third-order valence-electron chi connectivity index (χ3n) is 2.21. The lowest BCUT2D eigenvalue weighted by atomic mass is 10.4. The lowest BCUT2D eigenvalue weighted by Gasteiger charge is -2.12. The zero-order valence-corrected chi connectivity index (χ0v) is 11.6. The Morgan fingerprint density at radius 1 is 1.44 bits per heavy atom. The number of nitrogens with zero attached hydrogens (tertiary/aromatic N) is 3. The Morgan fingerprint density at radius 2 is 2.17 bits per heavy atom. The molecule has 0 spiro atoms. The summed E-state index contributed by atoms with van der Waals surface area (Å²) < 4.78 is 0. The zero-order valence-electron chi connectivity index (χ0n) is 10.8. The fourth-order valence-electron chi connectivity index (χ4n) is 1.25. The molecular weight excluding hydrogens is 254 g/mol. The molecule has 0 saturated carbocycles. The molecule has 0 radical (unpaired) electrons. The molecule has 0 aliphatic rings. The van der Waals surface area contributed by atoms with E-state index in [1.807, 2.05) is 6.92 Å². The average molecular weight is 272 g/mol. The van der Waals surface area contributed by atoms with Gasteiger partial charge in [-0.15, -0.1) is 0 Å². The van der Waals surface area contributed by atoms with E-state index in [1.165, 1.54) is 6.20 Å². The van der Waals surface area contributed by atoms with E-state index in [1.54, 1.807) is 19.0 Å². The topological polar surface area (TPSA) is 70.2 Å². The van der Waals surface area contributed by atoms with Crippen molar-refractivity contribution in [1.82, 2.24) is 14.9 Å². The number of rotatable bonds is 6. The van der Waals surface area contributed by atoms with Crippen LogP contribution in [0.15, 0.2) is 6.20 Å². The van der Waals surface area contributed by atoms with E-state index in [2.05, 4.69) is 20.6 Å². The molecule has 0 aliphatic heterocycles. The Bertz CT molecular complexity index is 410. The van der Waals surface area contributed by atoms with Crippen LogP contribution in [0, 0.1) is 0 Å². The van der Waals surface area contributed by atoms with Crippen LogP contribution in [0.5, 0.6) is 0 Å². The van der Waals surface area contributed by atoms with E-state index in [0.717, 1.165) is 6.54 Å². The molecule has 1 heterocycles. The largest absolute Gasteiger partial charge is 0.368 e. The Hall–Kier alpha value is -1.56. The van der Waals surface area contributed by atoms with Gasteiger partial charge in [-0.25, -0.2) is 4.98 Å². The molecule has 6 nitrogen and oxygen atoms in total. The molecule has 0 aliphatic carbocycles. The maximum absolute atomic E-state index is 11.4. The third-order valence-corrected chi connectivity index (χ3v) is 2.49. The second kappa shape index (κ2) is 7.00. The first-order valence-electron chi connectivity index (χ1n) is 5.75.